The summed E-state index contributed by atoms with van der Waals surface area (Å²) in [5, 5.41) is 2.57. The molecular formula is C25H19NO6. The van der Waals surface area contributed by atoms with Crippen LogP contribution in [-0.2, 0) is 14.3 Å². The van der Waals surface area contributed by atoms with Crippen LogP contribution in [0.4, 0.5) is 5.69 Å². The second-order valence-electron chi connectivity index (χ2n) is 7.05. The molecule has 0 aliphatic heterocycles. The van der Waals surface area contributed by atoms with E-state index < -0.39 is 18.5 Å². The Morgan fingerprint density at radius 1 is 0.750 bits per heavy atom. The van der Waals surface area contributed by atoms with Gasteiger partial charge in [0.1, 0.15) is 5.75 Å². The molecule has 7 heteroatoms. The Morgan fingerprint density at radius 2 is 1.41 bits per heavy atom. The normalized spacial score (nSPS) is 11.9. The van der Waals surface area contributed by atoms with Crippen LogP contribution >= 0.6 is 0 Å². The van der Waals surface area contributed by atoms with E-state index in [1.165, 1.54) is 6.07 Å². The molecule has 0 saturated heterocycles. The summed E-state index contributed by atoms with van der Waals surface area (Å²) < 4.78 is 10.4. The second-order valence-corrected chi connectivity index (χ2v) is 7.05. The summed E-state index contributed by atoms with van der Waals surface area (Å²) in [6, 6.07) is 20.2. The zero-order valence-electron chi connectivity index (χ0n) is 17.0. The van der Waals surface area contributed by atoms with E-state index in [1.54, 1.807) is 48.5 Å². The van der Waals surface area contributed by atoms with E-state index >= 15 is 0 Å². The lowest BCUT2D eigenvalue weighted by atomic mass is 9.83. The predicted molar refractivity (Wildman–Crippen MR) is 116 cm³/mol. The Morgan fingerprint density at radius 3 is 2.16 bits per heavy atom. The van der Waals surface area contributed by atoms with Crippen LogP contribution in [0.25, 0.3) is 0 Å². The van der Waals surface area contributed by atoms with Gasteiger partial charge >= 0.3 is 5.97 Å². The lowest BCUT2D eigenvalue weighted by Gasteiger charge is -2.20. The summed E-state index contributed by atoms with van der Waals surface area (Å²) in [5.41, 5.74) is 1.18. The topological polar surface area (TPSA) is 98.8 Å². The van der Waals surface area contributed by atoms with Crippen molar-refractivity contribution in [2.24, 2.45) is 0 Å². The molecule has 1 aliphatic carbocycles. The minimum absolute atomic E-state index is 0.0211. The number of nitrogens with one attached hydrogen (secondary N) is 1. The number of amides is 1. The van der Waals surface area contributed by atoms with Gasteiger partial charge in [-0.05, 0) is 18.2 Å². The van der Waals surface area contributed by atoms with Crippen LogP contribution in [0.5, 0.6) is 5.75 Å². The van der Waals surface area contributed by atoms with E-state index in [0.717, 1.165) is 0 Å². The van der Waals surface area contributed by atoms with Crippen molar-refractivity contribution in [2.75, 3.05) is 18.5 Å². The second kappa shape index (κ2) is 9.26. The third kappa shape index (κ3) is 4.41. The van der Waals surface area contributed by atoms with Gasteiger partial charge in [-0.25, -0.2) is 0 Å². The number of para-hydroxylation sites is 1. The molecule has 7 nitrogen and oxygen atoms in total. The van der Waals surface area contributed by atoms with E-state index in [4.69, 9.17) is 9.47 Å². The Hall–Kier alpha value is -4.26. The highest BCUT2D eigenvalue weighted by atomic mass is 16.5. The van der Waals surface area contributed by atoms with Crippen molar-refractivity contribution >= 4 is 29.1 Å². The molecule has 0 spiro atoms. The molecule has 0 atom stereocenters. The molecular weight excluding hydrogens is 410 g/mol. The number of carbonyl (C=O) groups excluding carboxylic acids is 4. The molecule has 0 saturated carbocycles. The molecule has 4 rings (SSSR count). The molecule has 0 radical (unpaired) electrons. The molecule has 1 aliphatic rings. The van der Waals surface area contributed by atoms with E-state index in [9.17, 15) is 19.2 Å². The third-order valence-corrected chi connectivity index (χ3v) is 4.91. The fraction of sp³-hybridized carbons (Fsp3) is 0.120. The number of carbonyl (C=O) groups is 4. The molecule has 3 aromatic carbocycles. The summed E-state index contributed by atoms with van der Waals surface area (Å²) in [7, 11) is 0. The Labute approximate surface area is 184 Å². The van der Waals surface area contributed by atoms with Crippen LogP contribution in [0.15, 0.2) is 72.8 Å². The number of ether oxygens (including phenoxy) is 2. The van der Waals surface area contributed by atoms with Gasteiger partial charge in [-0.1, -0.05) is 54.6 Å². The molecule has 0 fully saturated rings. The van der Waals surface area contributed by atoms with Crippen molar-refractivity contribution in [3.63, 3.8) is 0 Å². The average molecular weight is 429 g/mol. The molecule has 0 aromatic heterocycles. The van der Waals surface area contributed by atoms with Crippen molar-refractivity contribution in [1.29, 1.82) is 0 Å². The number of hydrogen-bond acceptors (Lipinski definition) is 6. The van der Waals surface area contributed by atoms with Gasteiger partial charge in [0.25, 0.3) is 5.91 Å². The molecule has 32 heavy (non-hydrogen) atoms. The number of hydrogen-bond donors (Lipinski definition) is 1. The highest BCUT2D eigenvalue weighted by molar-refractivity contribution is 6.30. The highest BCUT2D eigenvalue weighted by Crippen LogP contribution is 2.31. The van der Waals surface area contributed by atoms with Gasteiger partial charge in [0.15, 0.2) is 18.2 Å². The van der Waals surface area contributed by atoms with Gasteiger partial charge in [-0.2, -0.15) is 0 Å². The Balaban J connectivity index is 1.36. The van der Waals surface area contributed by atoms with E-state index in [-0.39, 0.29) is 47.0 Å². The van der Waals surface area contributed by atoms with E-state index in [0.29, 0.717) is 11.3 Å². The fourth-order valence-electron chi connectivity index (χ4n) is 3.42. The minimum Gasteiger partial charge on any atom is -0.493 e. The molecule has 1 amide bonds. The van der Waals surface area contributed by atoms with Crippen LogP contribution in [-0.4, -0.2) is 36.7 Å². The number of benzene rings is 3. The lowest BCUT2D eigenvalue weighted by Crippen LogP contribution is -2.26. The van der Waals surface area contributed by atoms with Gasteiger partial charge in [0, 0.05) is 16.7 Å². The summed E-state index contributed by atoms with van der Waals surface area (Å²) in [5.74, 6) is -1.20. The number of rotatable bonds is 7. The third-order valence-electron chi connectivity index (χ3n) is 4.91. The fourth-order valence-corrected chi connectivity index (χ4v) is 3.42. The molecule has 0 heterocycles. The molecule has 3 aromatic rings. The first-order valence-electron chi connectivity index (χ1n) is 9.99. The van der Waals surface area contributed by atoms with E-state index in [1.807, 2.05) is 18.2 Å². The molecule has 160 valence electrons. The predicted octanol–water partition coefficient (Wildman–Crippen LogP) is 3.41. The monoisotopic (exact) mass is 429 g/mol. The molecule has 1 N–H and O–H groups in total. The van der Waals surface area contributed by atoms with Crippen molar-refractivity contribution in [3.05, 3.63) is 95.1 Å². The zero-order chi connectivity index (χ0) is 22.5. The number of fused-ring (bicyclic) bond motifs is 2. The number of ketones is 2. The van der Waals surface area contributed by atoms with Crippen LogP contribution in [0.1, 0.15) is 38.3 Å². The number of esters is 1. The Kier molecular flexibility index (Phi) is 6.07. The van der Waals surface area contributed by atoms with Gasteiger partial charge in [-0.15, -0.1) is 0 Å². The van der Waals surface area contributed by atoms with Crippen molar-refractivity contribution in [2.45, 2.75) is 6.42 Å². The maximum atomic E-state index is 13.0. The highest BCUT2D eigenvalue weighted by Gasteiger charge is 2.31. The quantitative estimate of drug-likeness (QED) is 0.452. The molecule has 0 unspecified atom stereocenters. The maximum absolute atomic E-state index is 13.0. The first kappa shape index (κ1) is 21.0. The maximum Gasteiger partial charge on any atom is 0.309 e. The summed E-state index contributed by atoms with van der Waals surface area (Å²) in [6.45, 7) is -0.404. The minimum atomic E-state index is -0.616. The van der Waals surface area contributed by atoms with E-state index in [2.05, 4.69) is 5.32 Å². The van der Waals surface area contributed by atoms with Gasteiger partial charge in [0.2, 0.25) is 0 Å². The van der Waals surface area contributed by atoms with Crippen LogP contribution in [0, 0.1) is 0 Å². The number of anilines is 1. The summed E-state index contributed by atoms with van der Waals surface area (Å²) in [6.07, 6.45) is -0.0211. The SMILES string of the molecule is O=C(COC(=O)CCOc1ccccc1)Nc1cccc2c1C(=O)c1ccccc1C2=O. The molecule has 0 bridgehead atoms. The zero-order valence-corrected chi connectivity index (χ0v) is 17.0. The first-order valence-corrected chi connectivity index (χ1v) is 9.99. The largest absolute Gasteiger partial charge is 0.493 e. The van der Waals surface area contributed by atoms with Crippen LogP contribution < -0.4 is 10.1 Å². The van der Waals surface area contributed by atoms with Crippen molar-refractivity contribution in [3.8, 4) is 5.75 Å². The first-order chi connectivity index (χ1) is 15.5. The van der Waals surface area contributed by atoms with Crippen molar-refractivity contribution in [1.82, 2.24) is 0 Å². The summed E-state index contributed by atoms with van der Waals surface area (Å²) in [4.78, 5) is 49.9. The Bertz CT molecular complexity index is 1200. The van der Waals surface area contributed by atoms with Crippen LogP contribution in [0.2, 0.25) is 0 Å². The smallest absolute Gasteiger partial charge is 0.309 e. The lowest BCUT2D eigenvalue weighted by molar-refractivity contribution is -0.147. The average Bonchev–Trinajstić information content (AvgIpc) is 2.82. The van der Waals surface area contributed by atoms with Gasteiger partial charge in [0.05, 0.1) is 24.3 Å². The van der Waals surface area contributed by atoms with Gasteiger partial charge < -0.3 is 14.8 Å². The van der Waals surface area contributed by atoms with Crippen molar-refractivity contribution < 1.29 is 28.7 Å². The standard InChI is InChI=1S/C25H19NO6/c27-21(15-32-22(28)13-14-31-16-7-2-1-3-8-16)26-20-12-6-11-19-23(20)25(30)18-10-5-4-9-17(18)24(19)29/h1-12H,13-15H2,(H,26,27). The van der Waals surface area contributed by atoms with Crippen LogP contribution in [0.3, 0.4) is 0 Å². The van der Waals surface area contributed by atoms with Gasteiger partial charge in [-0.3, -0.25) is 19.2 Å². The summed E-state index contributed by atoms with van der Waals surface area (Å²) >= 11 is 0.